The van der Waals surface area contributed by atoms with Crippen molar-refractivity contribution in [3.63, 3.8) is 0 Å². The number of hydrogen-bond acceptors (Lipinski definition) is 6. The number of ether oxygens (including phenoxy) is 1. The second kappa shape index (κ2) is 5.74. The fourth-order valence-corrected chi connectivity index (χ4v) is 1.66. The van der Waals surface area contributed by atoms with E-state index in [4.69, 9.17) is 9.26 Å². The number of hydrogen-bond donors (Lipinski definition) is 2. The maximum atomic E-state index is 11.5. The highest BCUT2D eigenvalue weighted by atomic mass is 16.5. The summed E-state index contributed by atoms with van der Waals surface area (Å²) in [6.07, 6.45) is 2.03. The Kier molecular flexibility index (Phi) is 4.05. The third kappa shape index (κ3) is 3.79. The molecule has 1 saturated heterocycles. The van der Waals surface area contributed by atoms with Crippen LogP contribution in [0, 0.1) is 6.92 Å². The van der Waals surface area contributed by atoms with Gasteiger partial charge in [0.25, 0.3) is 5.91 Å². The van der Waals surface area contributed by atoms with Crippen molar-refractivity contribution in [2.24, 2.45) is 0 Å². The van der Waals surface area contributed by atoms with Crippen LogP contribution in [0.15, 0.2) is 4.52 Å². The summed E-state index contributed by atoms with van der Waals surface area (Å²) in [5.41, 5.74) is 0. The number of rotatable bonds is 4. The van der Waals surface area contributed by atoms with Gasteiger partial charge in [-0.25, -0.2) is 0 Å². The molecule has 1 amide bonds. The Labute approximate surface area is 98.9 Å². The first kappa shape index (κ1) is 12.0. The fourth-order valence-electron chi connectivity index (χ4n) is 1.66. The molecule has 1 aromatic rings. The Morgan fingerprint density at radius 1 is 1.59 bits per heavy atom. The number of anilines is 1. The minimum atomic E-state index is -0.271. The summed E-state index contributed by atoms with van der Waals surface area (Å²) in [7, 11) is 0. The van der Waals surface area contributed by atoms with Gasteiger partial charge in [-0.2, -0.15) is 4.98 Å². The van der Waals surface area contributed by atoms with Crippen molar-refractivity contribution in [3.05, 3.63) is 5.82 Å². The zero-order chi connectivity index (χ0) is 12.1. The zero-order valence-corrected chi connectivity index (χ0v) is 9.73. The van der Waals surface area contributed by atoms with Gasteiger partial charge in [0.15, 0.2) is 5.82 Å². The van der Waals surface area contributed by atoms with Crippen LogP contribution in [0.3, 0.4) is 0 Å². The van der Waals surface area contributed by atoms with Crippen LogP contribution >= 0.6 is 0 Å². The summed E-state index contributed by atoms with van der Waals surface area (Å²) in [6.45, 7) is 3.58. The van der Waals surface area contributed by atoms with Gasteiger partial charge >= 0.3 is 6.01 Å². The number of nitrogens with one attached hydrogen (secondary N) is 2. The van der Waals surface area contributed by atoms with Crippen LogP contribution < -0.4 is 10.6 Å². The van der Waals surface area contributed by atoms with Crippen LogP contribution in [0.4, 0.5) is 6.01 Å². The molecule has 0 unspecified atom stereocenters. The molecule has 0 saturated carbocycles. The van der Waals surface area contributed by atoms with E-state index in [0.717, 1.165) is 25.9 Å². The number of nitrogens with zero attached hydrogens (tertiary/aromatic N) is 2. The van der Waals surface area contributed by atoms with Gasteiger partial charge < -0.3 is 14.6 Å². The number of aromatic nitrogens is 2. The molecule has 2 heterocycles. The monoisotopic (exact) mass is 240 g/mol. The van der Waals surface area contributed by atoms with Crippen LogP contribution in [-0.2, 0) is 9.53 Å². The van der Waals surface area contributed by atoms with Crippen molar-refractivity contribution >= 4 is 11.9 Å². The maximum Gasteiger partial charge on any atom is 0.328 e. The molecule has 2 N–H and O–H groups in total. The summed E-state index contributed by atoms with van der Waals surface area (Å²) in [5, 5.41) is 9.28. The van der Waals surface area contributed by atoms with Crippen molar-refractivity contribution < 1.29 is 14.1 Å². The third-order valence-corrected chi connectivity index (χ3v) is 2.51. The standard InChI is InChI=1S/C10H16N4O3/c1-7-12-10(17-14-7)13-9(15)6-16-8-2-4-11-5-3-8/h8,11H,2-6H2,1H3,(H,12,13,14,15). The first-order chi connectivity index (χ1) is 8.24. The van der Waals surface area contributed by atoms with Crippen LogP contribution in [0.2, 0.25) is 0 Å². The van der Waals surface area contributed by atoms with Gasteiger partial charge in [0.1, 0.15) is 6.61 Å². The number of aryl methyl sites for hydroxylation is 1. The van der Waals surface area contributed by atoms with Crippen LogP contribution in [0.1, 0.15) is 18.7 Å². The average molecular weight is 240 g/mol. The Balaban J connectivity index is 1.70. The highest BCUT2D eigenvalue weighted by molar-refractivity contribution is 5.89. The van der Waals surface area contributed by atoms with Gasteiger partial charge in [-0.05, 0) is 32.9 Å². The lowest BCUT2D eigenvalue weighted by Crippen LogP contribution is -2.34. The molecule has 0 aromatic carbocycles. The predicted molar refractivity (Wildman–Crippen MR) is 59.5 cm³/mol. The first-order valence-electron chi connectivity index (χ1n) is 5.66. The lowest BCUT2D eigenvalue weighted by atomic mass is 10.1. The van der Waals surface area contributed by atoms with Crippen molar-refractivity contribution in [2.75, 3.05) is 25.0 Å². The number of piperidine rings is 1. The Hall–Kier alpha value is -1.47. The van der Waals surface area contributed by atoms with E-state index in [0.29, 0.717) is 5.82 Å². The molecule has 17 heavy (non-hydrogen) atoms. The molecule has 94 valence electrons. The van der Waals surface area contributed by atoms with Crippen LogP contribution in [-0.4, -0.2) is 41.8 Å². The molecule has 1 aliphatic heterocycles. The molecular weight excluding hydrogens is 224 g/mol. The average Bonchev–Trinajstić information content (AvgIpc) is 2.73. The molecule has 1 fully saturated rings. The molecular formula is C10H16N4O3. The van der Waals surface area contributed by atoms with Gasteiger partial charge in [-0.1, -0.05) is 5.16 Å². The molecule has 1 aromatic heterocycles. The normalized spacial score (nSPS) is 17.0. The zero-order valence-electron chi connectivity index (χ0n) is 9.73. The van der Waals surface area contributed by atoms with Crippen molar-refractivity contribution in [3.8, 4) is 0 Å². The smallest absolute Gasteiger partial charge is 0.328 e. The van der Waals surface area contributed by atoms with Crippen molar-refractivity contribution in [1.82, 2.24) is 15.5 Å². The van der Waals surface area contributed by atoms with Crippen molar-refractivity contribution in [1.29, 1.82) is 0 Å². The van der Waals surface area contributed by atoms with E-state index in [-0.39, 0.29) is 24.6 Å². The summed E-state index contributed by atoms with van der Waals surface area (Å²) >= 11 is 0. The summed E-state index contributed by atoms with van der Waals surface area (Å²) < 4.78 is 10.2. The largest absolute Gasteiger partial charge is 0.368 e. The summed E-state index contributed by atoms with van der Waals surface area (Å²) in [6, 6.07) is 0.112. The minimum Gasteiger partial charge on any atom is -0.368 e. The molecule has 2 rings (SSSR count). The minimum absolute atomic E-state index is 0.0199. The first-order valence-corrected chi connectivity index (χ1v) is 5.66. The van der Waals surface area contributed by atoms with Gasteiger partial charge in [0.2, 0.25) is 0 Å². The van der Waals surface area contributed by atoms with Gasteiger partial charge in [-0.3, -0.25) is 10.1 Å². The van der Waals surface area contributed by atoms with Crippen LogP contribution in [0.25, 0.3) is 0 Å². The van der Waals surface area contributed by atoms with Gasteiger partial charge in [0, 0.05) is 0 Å². The molecule has 7 heteroatoms. The lowest BCUT2D eigenvalue weighted by molar-refractivity contribution is -0.123. The van der Waals surface area contributed by atoms with E-state index in [1.54, 1.807) is 6.92 Å². The van der Waals surface area contributed by atoms with E-state index in [9.17, 15) is 4.79 Å². The van der Waals surface area contributed by atoms with Gasteiger partial charge in [0.05, 0.1) is 6.10 Å². The van der Waals surface area contributed by atoms with E-state index in [1.807, 2.05) is 0 Å². The number of amides is 1. The predicted octanol–water partition coefficient (Wildman–Crippen LogP) is 0.0851. The Morgan fingerprint density at radius 3 is 3.00 bits per heavy atom. The lowest BCUT2D eigenvalue weighted by Gasteiger charge is -2.22. The highest BCUT2D eigenvalue weighted by Gasteiger charge is 2.15. The molecule has 0 radical (unpaired) electrons. The second-order valence-electron chi connectivity index (χ2n) is 3.96. The molecule has 7 nitrogen and oxygen atoms in total. The molecule has 0 bridgehead atoms. The summed E-state index contributed by atoms with van der Waals surface area (Å²) in [4.78, 5) is 15.4. The summed E-state index contributed by atoms with van der Waals surface area (Å²) in [5.74, 6) is 0.215. The van der Waals surface area contributed by atoms with Crippen LogP contribution in [0.5, 0.6) is 0 Å². The van der Waals surface area contributed by atoms with E-state index < -0.39 is 0 Å². The fraction of sp³-hybridized carbons (Fsp3) is 0.700. The van der Waals surface area contributed by atoms with E-state index >= 15 is 0 Å². The number of carbonyl (C=O) groups is 1. The van der Waals surface area contributed by atoms with E-state index in [1.165, 1.54) is 0 Å². The Morgan fingerprint density at radius 2 is 2.35 bits per heavy atom. The second-order valence-corrected chi connectivity index (χ2v) is 3.96. The number of carbonyl (C=O) groups excluding carboxylic acids is 1. The highest BCUT2D eigenvalue weighted by Crippen LogP contribution is 2.07. The Bertz CT molecular complexity index is 373. The quantitative estimate of drug-likeness (QED) is 0.775. The molecule has 0 aliphatic carbocycles. The van der Waals surface area contributed by atoms with Gasteiger partial charge in [-0.15, -0.1) is 0 Å². The topological polar surface area (TPSA) is 89.3 Å². The SMILES string of the molecule is Cc1noc(NC(=O)COC2CCNCC2)n1. The maximum absolute atomic E-state index is 11.5. The van der Waals surface area contributed by atoms with E-state index in [2.05, 4.69) is 20.8 Å². The molecule has 0 atom stereocenters. The van der Waals surface area contributed by atoms with Crippen molar-refractivity contribution in [2.45, 2.75) is 25.9 Å². The third-order valence-electron chi connectivity index (χ3n) is 2.51. The molecule has 1 aliphatic rings. The molecule has 0 spiro atoms.